The first-order chi connectivity index (χ1) is 10.1. The zero-order chi connectivity index (χ0) is 15.0. The quantitative estimate of drug-likeness (QED) is 0.818. The highest BCUT2D eigenvalue weighted by Gasteiger charge is 2.39. The van der Waals surface area contributed by atoms with E-state index < -0.39 is 0 Å². The summed E-state index contributed by atoms with van der Waals surface area (Å²) in [6, 6.07) is 7.85. The number of halogens is 1. The molecule has 0 spiro atoms. The Bertz CT molecular complexity index is 710. The van der Waals surface area contributed by atoms with Crippen LogP contribution >= 0.6 is 15.9 Å². The van der Waals surface area contributed by atoms with Crippen LogP contribution < -0.4 is 0 Å². The van der Waals surface area contributed by atoms with Crippen molar-refractivity contribution in [2.24, 2.45) is 11.8 Å². The Labute approximate surface area is 132 Å². The fraction of sp³-hybridized carbons (Fsp3) is 0.222. The Kier molecular flexibility index (Phi) is 3.77. The monoisotopic (exact) mass is 342 g/mol. The van der Waals surface area contributed by atoms with Gasteiger partial charge in [-0.15, -0.1) is 0 Å². The number of hydrogen-bond acceptors (Lipinski definition) is 2. The Morgan fingerprint density at radius 3 is 2.38 bits per heavy atom. The molecule has 0 fully saturated rings. The van der Waals surface area contributed by atoms with Crippen LogP contribution in [0, 0.1) is 11.8 Å². The Hall–Kier alpha value is -1.74. The molecule has 0 bridgehead atoms. The molecule has 2 aliphatic rings. The molecule has 0 aromatic heterocycles. The molecule has 0 aliphatic heterocycles. The van der Waals surface area contributed by atoms with Gasteiger partial charge in [0, 0.05) is 16.5 Å². The summed E-state index contributed by atoms with van der Waals surface area (Å²) < 4.78 is 0.978. The number of allylic oxidation sites excluding steroid dienone is 6. The molecule has 2 atom stereocenters. The van der Waals surface area contributed by atoms with Crippen molar-refractivity contribution in [1.82, 2.24) is 0 Å². The maximum absolute atomic E-state index is 12.7. The highest BCUT2D eigenvalue weighted by atomic mass is 79.9. The van der Waals surface area contributed by atoms with Crippen LogP contribution in [0.4, 0.5) is 0 Å². The van der Waals surface area contributed by atoms with Gasteiger partial charge in [0.1, 0.15) is 0 Å². The lowest BCUT2D eigenvalue weighted by atomic mass is 9.71. The fourth-order valence-corrected chi connectivity index (χ4v) is 3.41. The molecule has 1 aromatic rings. The second-order valence-electron chi connectivity index (χ2n) is 5.46. The van der Waals surface area contributed by atoms with Gasteiger partial charge in [-0.05, 0) is 30.2 Å². The normalized spacial score (nSPS) is 24.5. The van der Waals surface area contributed by atoms with Gasteiger partial charge < -0.3 is 0 Å². The average Bonchev–Trinajstić information content (AvgIpc) is 2.49. The zero-order valence-electron chi connectivity index (χ0n) is 11.7. The van der Waals surface area contributed by atoms with E-state index in [0.29, 0.717) is 17.6 Å². The maximum Gasteiger partial charge on any atom is 0.167 e. The number of carbonyl (C=O) groups excluding carboxylic acids is 2. The minimum absolute atomic E-state index is 0.0743. The van der Waals surface area contributed by atoms with Crippen molar-refractivity contribution < 1.29 is 9.59 Å². The average molecular weight is 343 g/mol. The number of fused-ring (bicyclic) bond motifs is 1. The van der Waals surface area contributed by atoms with Crippen LogP contribution in [0.5, 0.6) is 0 Å². The van der Waals surface area contributed by atoms with Gasteiger partial charge in [0.25, 0.3) is 0 Å². The second-order valence-corrected chi connectivity index (χ2v) is 6.38. The Morgan fingerprint density at radius 1 is 1.05 bits per heavy atom. The predicted octanol–water partition coefficient (Wildman–Crippen LogP) is 3.82. The van der Waals surface area contributed by atoms with Crippen molar-refractivity contribution in [3.63, 3.8) is 0 Å². The molecule has 0 radical (unpaired) electrons. The number of Topliss-reactive ketones (excluding diaryl/α,β-unsaturated/α-hetero) is 2. The summed E-state index contributed by atoms with van der Waals surface area (Å²) in [5.74, 6) is -0.481. The van der Waals surface area contributed by atoms with Crippen LogP contribution in [0.3, 0.4) is 0 Å². The smallest absolute Gasteiger partial charge is 0.167 e. The van der Waals surface area contributed by atoms with Gasteiger partial charge in [0.05, 0.1) is 11.8 Å². The number of rotatable bonds is 2. The topological polar surface area (TPSA) is 34.1 Å². The highest BCUT2D eigenvalue weighted by Crippen LogP contribution is 2.34. The second kappa shape index (κ2) is 5.57. The summed E-state index contributed by atoms with van der Waals surface area (Å²) in [6.07, 6.45) is 7.89. The van der Waals surface area contributed by atoms with Gasteiger partial charge in [-0.25, -0.2) is 0 Å². The molecule has 0 amide bonds. The molecule has 2 unspecified atom stereocenters. The van der Waals surface area contributed by atoms with Gasteiger partial charge >= 0.3 is 0 Å². The largest absolute Gasteiger partial charge is 0.294 e. The SMILES string of the molecule is CC1=C(Cc2cccc(Br)c2)C(=O)C2C=CC=CC2C1=O. The lowest BCUT2D eigenvalue weighted by Gasteiger charge is -2.29. The van der Waals surface area contributed by atoms with Gasteiger partial charge in [0.2, 0.25) is 0 Å². The van der Waals surface area contributed by atoms with Crippen molar-refractivity contribution in [1.29, 1.82) is 0 Å². The number of ketones is 2. The van der Waals surface area contributed by atoms with Gasteiger partial charge in [-0.3, -0.25) is 9.59 Å². The lowest BCUT2D eigenvalue weighted by molar-refractivity contribution is -0.127. The first kappa shape index (κ1) is 14.2. The van der Waals surface area contributed by atoms with Crippen molar-refractivity contribution in [3.05, 3.63) is 69.8 Å². The van der Waals surface area contributed by atoms with Crippen LogP contribution in [0.2, 0.25) is 0 Å². The molecule has 0 saturated carbocycles. The van der Waals surface area contributed by atoms with Crippen LogP contribution in [0.15, 0.2) is 64.2 Å². The van der Waals surface area contributed by atoms with Gasteiger partial charge in [-0.2, -0.15) is 0 Å². The van der Waals surface area contributed by atoms with Crippen LogP contribution in [-0.4, -0.2) is 11.6 Å². The molecule has 2 nitrogen and oxygen atoms in total. The molecule has 1 aromatic carbocycles. The molecule has 2 aliphatic carbocycles. The summed E-state index contributed by atoms with van der Waals surface area (Å²) >= 11 is 3.44. The first-order valence-corrected chi connectivity index (χ1v) is 7.75. The third-order valence-corrected chi connectivity index (χ3v) is 4.62. The zero-order valence-corrected chi connectivity index (χ0v) is 13.3. The van der Waals surface area contributed by atoms with E-state index in [1.807, 2.05) is 48.6 Å². The van der Waals surface area contributed by atoms with Crippen molar-refractivity contribution in [3.8, 4) is 0 Å². The molecule has 3 rings (SSSR count). The number of hydrogen-bond donors (Lipinski definition) is 0. The van der Waals surface area contributed by atoms with Crippen molar-refractivity contribution >= 4 is 27.5 Å². The van der Waals surface area contributed by atoms with Gasteiger partial charge in [-0.1, -0.05) is 52.4 Å². The van der Waals surface area contributed by atoms with E-state index in [1.165, 1.54) is 0 Å². The molecular weight excluding hydrogens is 328 g/mol. The predicted molar refractivity (Wildman–Crippen MR) is 85.8 cm³/mol. The Balaban J connectivity index is 1.98. The van der Waals surface area contributed by atoms with Crippen LogP contribution in [0.1, 0.15) is 12.5 Å². The molecule has 21 heavy (non-hydrogen) atoms. The fourth-order valence-electron chi connectivity index (χ4n) is 2.96. The third-order valence-electron chi connectivity index (χ3n) is 4.13. The Morgan fingerprint density at radius 2 is 1.71 bits per heavy atom. The van der Waals surface area contributed by atoms with Crippen molar-refractivity contribution in [2.75, 3.05) is 0 Å². The molecule has 0 N–H and O–H groups in total. The molecular formula is C18H15BrO2. The van der Waals surface area contributed by atoms with E-state index in [9.17, 15) is 9.59 Å². The summed E-state index contributed by atoms with van der Waals surface area (Å²) in [6.45, 7) is 1.77. The van der Waals surface area contributed by atoms with E-state index in [-0.39, 0.29) is 23.4 Å². The van der Waals surface area contributed by atoms with E-state index >= 15 is 0 Å². The highest BCUT2D eigenvalue weighted by molar-refractivity contribution is 9.10. The van der Waals surface area contributed by atoms with Crippen LogP contribution in [-0.2, 0) is 16.0 Å². The minimum Gasteiger partial charge on any atom is -0.294 e. The minimum atomic E-state index is -0.326. The molecule has 0 heterocycles. The van der Waals surface area contributed by atoms with E-state index in [4.69, 9.17) is 0 Å². The van der Waals surface area contributed by atoms with Crippen molar-refractivity contribution in [2.45, 2.75) is 13.3 Å². The van der Waals surface area contributed by atoms with E-state index in [0.717, 1.165) is 10.0 Å². The lowest BCUT2D eigenvalue weighted by Crippen LogP contribution is -2.36. The molecule has 3 heteroatoms. The van der Waals surface area contributed by atoms with Crippen LogP contribution in [0.25, 0.3) is 0 Å². The molecule has 106 valence electrons. The third kappa shape index (κ3) is 2.58. The number of benzene rings is 1. The number of carbonyl (C=O) groups is 2. The summed E-state index contributed by atoms with van der Waals surface area (Å²) in [7, 11) is 0. The standard InChI is InChI=1S/C18H15BrO2/c1-11-16(10-12-5-4-6-13(19)9-12)18(21)15-8-3-2-7-14(15)17(11)20/h2-9,14-15H,10H2,1H3. The maximum atomic E-state index is 12.7. The first-order valence-electron chi connectivity index (χ1n) is 6.95. The van der Waals surface area contributed by atoms with Gasteiger partial charge in [0.15, 0.2) is 11.6 Å². The summed E-state index contributed by atoms with van der Waals surface area (Å²) in [5, 5.41) is 0. The summed E-state index contributed by atoms with van der Waals surface area (Å²) in [5.41, 5.74) is 2.30. The molecule has 0 saturated heterocycles. The van der Waals surface area contributed by atoms with E-state index in [2.05, 4.69) is 15.9 Å². The summed E-state index contributed by atoms with van der Waals surface area (Å²) in [4.78, 5) is 25.2. The van der Waals surface area contributed by atoms with E-state index in [1.54, 1.807) is 6.92 Å².